The molecular weight excluding hydrogens is 681 g/mol. The summed E-state index contributed by atoms with van der Waals surface area (Å²) >= 11 is 0. The SMILES string of the molecule is c1ccc(-c2ccc(-c3nc(-c4ccccc4)nc(-c4cccc(-c5cccc(-c6cccc7c(-c8ccccc8)nc8ccccc8c67)c5)c4)n3)cc2)cc1. The molecule has 0 spiro atoms. The lowest BCUT2D eigenvalue weighted by molar-refractivity contribution is 1.07. The number of fused-ring (bicyclic) bond motifs is 3. The van der Waals surface area contributed by atoms with E-state index in [1.165, 1.54) is 16.5 Å². The predicted octanol–water partition coefficient (Wildman–Crippen LogP) is 13.2. The van der Waals surface area contributed by atoms with Gasteiger partial charge in [0, 0.05) is 38.4 Å². The first-order chi connectivity index (χ1) is 27.7. The Kier molecular flexibility index (Phi) is 8.47. The van der Waals surface area contributed by atoms with Gasteiger partial charge in [0.05, 0.1) is 11.2 Å². The van der Waals surface area contributed by atoms with Crippen molar-refractivity contribution in [3.8, 4) is 78.8 Å². The lowest BCUT2D eigenvalue weighted by Crippen LogP contribution is -2.00. The normalized spacial score (nSPS) is 11.2. The monoisotopic (exact) mass is 714 g/mol. The fraction of sp³-hybridized carbons (Fsp3) is 0. The summed E-state index contributed by atoms with van der Waals surface area (Å²) in [4.78, 5) is 20.2. The largest absolute Gasteiger partial charge is 0.247 e. The Bertz CT molecular complexity index is 3000. The van der Waals surface area contributed by atoms with Gasteiger partial charge in [0.25, 0.3) is 0 Å². The number of pyridine rings is 1. The zero-order chi connectivity index (χ0) is 37.3. The van der Waals surface area contributed by atoms with E-state index in [2.05, 4.69) is 164 Å². The lowest BCUT2D eigenvalue weighted by Gasteiger charge is -2.15. The molecule has 0 saturated heterocycles. The Balaban J connectivity index is 1.07. The maximum Gasteiger partial charge on any atom is 0.164 e. The van der Waals surface area contributed by atoms with Gasteiger partial charge in [-0.15, -0.1) is 0 Å². The summed E-state index contributed by atoms with van der Waals surface area (Å²) in [6.07, 6.45) is 0. The number of hydrogen-bond donors (Lipinski definition) is 0. The molecule has 0 N–H and O–H groups in total. The summed E-state index contributed by atoms with van der Waals surface area (Å²) in [7, 11) is 0. The van der Waals surface area contributed by atoms with E-state index < -0.39 is 0 Å². The molecule has 4 nitrogen and oxygen atoms in total. The number of nitrogens with zero attached hydrogens (tertiary/aromatic N) is 4. The molecule has 0 aliphatic carbocycles. The van der Waals surface area contributed by atoms with Gasteiger partial charge in [-0.2, -0.15) is 0 Å². The van der Waals surface area contributed by atoms with Crippen LogP contribution in [0.4, 0.5) is 0 Å². The molecule has 0 aliphatic rings. The third-order valence-electron chi connectivity index (χ3n) is 10.3. The Labute approximate surface area is 325 Å². The summed E-state index contributed by atoms with van der Waals surface area (Å²) in [5, 5.41) is 3.47. The van der Waals surface area contributed by atoms with E-state index >= 15 is 0 Å². The van der Waals surface area contributed by atoms with Crippen LogP contribution in [0.25, 0.3) is 100 Å². The van der Waals surface area contributed by atoms with E-state index in [9.17, 15) is 0 Å². The first kappa shape index (κ1) is 33.0. The minimum atomic E-state index is 0.625. The standard InChI is InChI=1S/C52H34N4/c1-4-15-35(16-5-1)36-29-31-39(32-30-36)51-54-50(38-19-8-3-9-20-38)55-52(56-51)43-24-13-22-41(34-43)40-21-12-23-42(33-40)44-26-14-27-46-48(44)45-25-10-11-28-47(45)53-49(46)37-17-6-2-7-18-37/h1-34H. The van der Waals surface area contributed by atoms with E-state index in [4.69, 9.17) is 19.9 Å². The van der Waals surface area contributed by atoms with Gasteiger partial charge in [-0.05, 0) is 51.6 Å². The first-order valence-corrected chi connectivity index (χ1v) is 18.8. The predicted molar refractivity (Wildman–Crippen MR) is 231 cm³/mol. The van der Waals surface area contributed by atoms with Gasteiger partial charge in [-0.25, -0.2) is 19.9 Å². The third-order valence-corrected chi connectivity index (χ3v) is 10.3. The smallest absolute Gasteiger partial charge is 0.164 e. The Morgan fingerprint density at radius 3 is 1.36 bits per heavy atom. The Morgan fingerprint density at radius 2 is 0.679 bits per heavy atom. The fourth-order valence-corrected chi connectivity index (χ4v) is 7.56. The van der Waals surface area contributed by atoms with Crippen LogP contribution in [0.2, 0.25) is 0 Å². The summed E-state index contributed by atoms with van der Waals surface area (Å²) in [5.41, 5.74) is 12.7. The quantitative estimate of drug-likeness (QED) is 0.154. The van der Waals surface area contributed by atoms with Gasteiger partial charge in [-0.3, -0.25) is 0 Å². The second kappa shape index (κ2) is 14.3. The molecule has 10 rings (SSSR count). The molecule has 4 heteroatoms. The van der Waals surface area contributed by atoms with Crippen molar-refractivity contribution >= 4 is 21.7 Å². The van der Waals surface area contributed by atoms with Gasteiger partial charge in [-0.1, -0.05) is 188 Å². The average molecular weight is 715 g/mol. The first-order valence-electron chi connectivity index (χ1n) is 18.8. The van der Waals surface area contributed by atoms with E-state index in [1.807, 2.05) is 42.5 Å². The topological polar surface area (TPSA) is 51.6 Å². The highest BCUT2D eigenvalue weighted by atomic mass is 15.0. The average Bonchev–Trinajstić information content (AvgIpc) is 3.29. The van der Waals surface area contributed by atoms with Crippen LogP contribution < -0.4 is 0 Å². The summed E-state index contributed by atoms with van der Waals surface area (Å²) in [6.45, 7) is 0. The number of benzene rings is 8. The van der Waals surface area contributed by atoms with Crippen LogP contribution in [0, 0.1) is 0 Å². The number of hydrogen-bond acceptors (Lipinski definition) is 4. The number of aromatic nitrogens is 4. The van der Waals surface area contributed by atoms with Crippen molar-refractivity contribution in [1.82, 2.24) is 19.9 Å². The van der Waals surface area contributed by atoms with Crippen LogP contribution in [0.1, 0.15) is 0 Å². The van der Waals surface area contributed by atoms with Crippen molar-refractivity contribution in [1.29, 1.82) is 0 Å². The molecule has 56 heavy (non-hydrogen) atoms. The molecule has 2 aromatic heterocycles. The molecule has 10 aromatic rings. The Morgan fingerprint density at radius 1 is 0.250 bits per heavy atom. The summed E-state index contributed by atoms with van der Waals surface area (Å²) < 4.78 is 0. The van der Waals surface area contributed by atoms with Crippen molar-refractivity contribution in [2.24, 2.45) is 0 Å². The minimum absolute atomic E-state index is 0.625. The highest BCUT2D eigenvalue weighted by Gasteiger charge is 2.16. The number of rotatable bonds is 7. The highest BCUT2D eigenvalue weighted by Crippen LogP contribution is 2.40. The van der Waals surface area contributed by atoms with Crippen molar-refractivity contribution in [3.63, 3.8) is 0 Å². The summed E-state index contributed by atoms with van der Waals surface area (Å²) in [6, 6.07) is 71.7. The van der Waals surface area contributed by atoms with Crippen molar-refractivity contribution in [3.05, 3.63) is 206 Å². The molecule has 8 aromatic carbocycles. The highest BCUT2D eigenvalue weighted by molar-refractivity contribution is 6.17. The van der Waals surface area contributed by atoms with Gasteiger partial charge in [0.1, 0.15) is 0 Å². The third kappa shape index (κ3) is 6.29. The van der Waals surface area contributed by atoms with Gasteiger partial charge in [0.15, 0.2) is 17.5 Å². The van der Waals surface area contributed by atoms with Crippen molar-refractivity contribution in [2.45, 2.75) is 0 Å². The maximum atomic E-state index is 5.16. The second-order valence-corrected chi connectivity index (χ2v) is 13.8. The number of para-hydroxylation sites is 1. The van der Waals surface area contributed by atoms with Crippen LogP contribution in [0.5, 0.6) is 0 Å². The van der Waals surface area contributed by atoms with Crippen LogP contribution in [-0.2, 0) is 0 Å². The van der Waals surface area contributed by atoms with E-state index in [0.29, 0.717) is 17.5 Å². The second-order valence-electron chi connectivity index (χ2n) is 13.8. The zero-order valence-electron chi connectivity index (χ0n) is 30.4. The molecule has 2 heterocycles. The fourth-order valence-electron chi connectivity index (χ4n) is 7.56. The van der Waals surface area contributed by atoms with Crippen molar-refractivity contribution < 1.29 is 0 Å². The molecule has 0 amide bonds. The van der Waals surface area contributed by atoms with Crippen molar-refractivity contribution in [2.75, 3.05) is 0 Å². The molecule has 0 unspecified atom stereocenters. The van der Waals surface area contributed by atoms with Crippen LogP contribution in [-0.4, -0.2) is 19.9 Å². The molecule has 0 radical (unpaired) electrons. The zero-order valence-corrected chi connectivity index (χ0v) is 30.4. The maximum absolute atomic E-state index is 5.16. The van der Waals surface area contributed by atoms with Gasteiger partial charge in [0.2, 0.25) is 0 Å². The van der Waals surface area contributed by atoms with Gasteiger partial charge >= 0.3 is 0 Å². The van der Waals surface area contributed by atoms with Crippen LogP contribution >= 0.6 is 0 Å². The molecule has 0 bridgehead atoms. The molecule has 0 atom stereocenters. The lowest BCUT2D eigenvalue weighted by atomic mass is 9.91. The van der Waals surface area contributed by atoms with E-state index in [1.54, 1.807) is 0 Å². The van der Waals surface area contributed by atoms with Gasteiger partial charge < -0.3 is 0 Å². The molecular formula is C52H34N4. The molecule has 0 fully saturated rings. The molecule has 0 aliphatic heterocycles. The van der Waals surface area contributed by atoms with E-state index in [-0.39, 0.29) is 0 Å². The Hall–Kier alpha value is -7.56. The van der Waals surface area contributed by atoms with Crippen LogP contribution in [0.3, 0.4) is 0 Å². The van der Waals surface area contributed by atoms with Crippen LogP contribution in [0.15, 0.2) is 206 Å². The minimum Gasteiger partial charge on any atom is -0.247 e. The summed E-state index contributed by atoms with van der Waals surface area (Å²) in [5.74, 6) is 1.89. The van der Waals surface area contributed by atoms with E-state index in [0.717, 1.165) is 66.5 Å². The molecule has 262 valence electrons. The molecule has 0 saturated carbocycles.